The van der Waals surface area contributed by atoms with Crippen molar-refractivity contribution < 1.29 is 4.79 Å². The van der Waals surface area contributed by atoms with Crippen LogP contribution in [0.15, 0.2) is 18.2 Å². The molecular formula is C13H17BrN2O. The summed E-state index contributed by atoms with van der Waals surface area (Å²) in [5.41, 5.74) is 1.44. The molecule has 0 bridgehead atoms. The maximum atomic E-state index is 12.2. The third-order valence-electron chi connectivity index (χ3n) is 3.26. The molecule has 1 amide bonds. The van der Waals surface area contributed by atoms with Crippen molar-refractivity contribution in [3.63, 3.8) is 0 Å². The van der Waals surface area contributed by atoms with Gasteiger partial charge in [0.05, 0.1) is 0 Å². The van der Waals surface area contributed by atoms with E-state index in [1.807, 2.05) is 24.0 Å². The van der Waals surface area contributed by atoms with Gasteiger partial charge in [-0.25, -0.2) is 4.98 Å². The summed E-state index contributed by atoms with van der Waals surface area (Å²) in [6, 6.07) is 5.58. The third kappa shape index (κ3) is 2.86. The second kappa shape index (κ2) is 5.17. The van der Waals surface area contributed by atoms with Gasteiger partial charge in [-0.15, -0.1) is 0 Å². The van der Waals surface area contributed by atoms with Crippen LogP contribution in [0.1, 0.15) is 29.5 Å². The zero-order valence-corrected chi connectivity index (χ0v) is 11.8. The van der Waals surface area contributed by atoms with Crippen LogP contribution in [0.5, 0.6) is 0 Å². The second-order valence-electron chi connectivity index (χ2n) is 4.70. The number of piperidine rings is 1. The van der Waals surface area contributed by atoms with Gasteiger partial charge in [-0.05, 0) is 31.4 Å². The molecule has 1 aliphatic rings. The maximum Gasteiger partial charge on any atom is 0.272 e. The van der Waals surface area contributed by atoms with Crippen molar-refractivity contribution in [3.05, 3.63) is 29.6 Å². The summed E-state index contributed by atoms with van der Waals surface area (Å²) >= 11 is 3.64. The summed E-state index contributed by atoms with van der Waals surface area (Å²) in [6.45, 7) is 5.72. The molecule has 2 rings (SSSR count). The number of halogens is 1. The van der Waals surface area contributed by atoms with Gasteiger partial charge in [0, 0.05) is 23.6 Å². The summed E-state index contributed by atoms with van der Waals surface area (Å²) < 4.78 is 0. The monoisotopic (exact) mass is 296 g/mol. The summed E-state index contributed by atoms with van der Waals surface area (Å²) in [5.74, 6) is 0.676. The fraction of sp³-hybridized carbons (Fsp3) is 0.538. The van der Waals surface area contributed by atoms with Gasteiger partial charge in [-0.1, -0.05) is 28.9 Å². The number of alkyl halides is 1. The number of aromatic nitrogens is 1. The van der Waals surface area contributed by atoms with Gasteiger partial charge in [-0.3, -0.25) is 4.79 Å². The molecule has 17 heavy (non-hydrogen) atoms. The highest BCUT2D eigenvalue weighted by Gasteiger charge is 2.28. The molecule has 0 aliphatic carbocycles. The molecule has 2 unspecified atom stereocenters. The van der Waals surface area contributed by atoms with Crippen molar-refractivity contribution in [1.82, 2.24) is 9.88 Å². The van der Waals surface area contributed by atoms with Gasteiger partial charge in [0.25, 0.3) is 5.91 Å². The van der Waals surface area contributed by atoms with Gasteiger partial charge in [-0.2, -0.15) is 0 Å². The SMILES string of the molecule is Cc1cccc(C(=O)N2CCC(C)C(Br)C2)n1. The number of amides is 1. The lowest BCUT2D eigenvalue weighted by molar-refractivity contribution is 0.0700. The molecule has 0 N–H and O–H groups in total. The Kier molecular flexibility index (Phi) is 3.82. The van der Waals surface area contributed by atoms with Crippen molar-refractivity contribution in [2.24, 2.45) is 5.92 Å². The zero-order valence-electron chi connectivity index (χ0n) is 10.2. The largest absolute Gasteiger partial charge is 0.336 e. The van der Waals surface area contributed by atoms with E-state index in [2.05, 4.69) is 27.8 Å². The van der Waals surface area contributed by atoms with Crippen LogP contribution in [0, 0.1) is 12.8 Å². The molecule has 1 aromatic heterocycles. The van der Waals surface area contributed by atoms with E-state index in [9.17, 15) is 4.79 Å². The number of aryl methyl sites for hydroxylation is 1. The first-order valence-electron chi connectivity index (χ1n) is 5.95. The van der Waals surface area contributed by atoms with E-state index < -0.39 is 0 Å². The van der Waals surface area contributed by atoms with Crippen molar-refractivity contribution in [3.8, 4) is 0 Å². The summed E-state index contributed by atoms with van der Waals surface area (Å²) in [6.07, 6.45) is 1.05. The third-order valence-corrected chi connectivity index (χ3v) is 4.45. The smallest absolute Gasteiger partial charge is 0.272 e. The number of pyridine rings is 1. The number of carbonyl (C=O) groups is 1. The van der Waals surface area contributed by atoms with Crippen LogP contribution in [-0.4, -0.2) is 33.7 Å². The van der Waals surface area contributed by atoms with Crippen LogP contribution in [-0.2, 0) is 0 Å². The first kappa shape index (κ1) is 12.6. The fourth-order valence-electron chi connectivity index (χ4n) is 2.03. The lowest BCUT2D eigenvalue weighted by Gasteiger charge is -2.34. The van der Waals surface area contributed by atoms with E-state index >= 15 is 0 Å². The average Bonchev–Trinajstić information content (AvgIpc) is 2.32. The lowest BCUT2D eigenvalue weighted by atomic mass is 9.99. The summed E-state index contributed by atoms with van der Waals surface area (Å²) in [4.78, 5) is 18.8. The Morgan fingerprint density at radius 2 is 2.29 bits per heavy atom. The topological polar surface area (TPSA) is 33.2 Å². The van der Waals surface area contributed by atoms with E-state index in [4.69, 9.17) is 0 Å². The lowest BCUT2D eigenvalue weighted by Crippen LogP contribution is -2.43. The van der Waals surface area contributed by atoms with E-state index in [0.717, 1.165) is 25.2 Å². The summed E-state index contributed by atoms with van der Waals surface area (Å²) in [7, 11) is 0. The minimum atomic E-state index is 0.0463. The Morgan fingerprint density at radius 3 is 2.94 bits per heavy atom. The number of rotatable bonds is 1. The minimum absolute atomic E-state index is 0.0463. The molecule has 0 aromatic carbocycles. The van der Waals surface area contributed by atoms with Gasteiger partial charge in [0.1, 0.15) is 5.69 Å². The van der Waals surface area contributed by atoms with E-state index in [-0.39, 0.29) is 5.91 Å². The molecular weight excluding hydrogens is 280 g/mol. The molecule has 0 radical (unpaired) electrons. The number of likely N-dealkylation sites (tertiary alicyclic amines) is 1. The Bertz CT molecular complexity index is 422. The molecule has 1 saturated heterocycles. The van der Waals surface area contributed by atoms with E-state index in [1.54, 1.807) is 6.07 Å². The second-order valence-corrected chi connectivity index (χ2v) is 5.87. The van der Waals surface area contributed by atoms with Crippen molar-refractivity contribution in [2.75, 3.05) is 13.1 Å². The first-order valence-corrected chi connectivity index (χ1v) is 6.86. The molecule has 0 spiro atoms. The zero-order chi connectivity index (χ0) is 12.4. The minimum Gasteiger partial charge on any atom is -0.336 e. The number of nitrogens with zero attached hydrogens (tertiary/aromatic N) is 2. The van der Waals surface area contributed by atoms with Crippen LogP contribution in [0.4, 0.5) is 0 Å². The van der Waals surface area contributed by atoms with Crippen LogP contribution in [0.25, 0.3) is 0 Å². The molecule has 3 nitrogen and oxygen atoms in total. The average molecular weight is 297 g/mol. The molecule has 1 aliphatic heterocycles. The Hall–Kier alpha value is -0.900. The number of hydrogen-bond donors (Lipinski definition) is 0. The highest BCUT2D eigenvalue weighted by Crippen LogP contribution is 2.24. The molecule has 2 atom stereocenters. The molecule has 92 valence electrons. The van der Waals surface area contributed by atoms with E-state index in [0.29, 0.717) is 16.4 Å². The first-order chi connectivity index (χ1) is 8.08. The van der Waals surface area contributed by atoms with Gasteiger partial charge in [0.2, 0.25) is 0 Å². The fourth-order valence-corrected chi connectivity index (χ4v) is 2.64. The van der Waals surface area contributed by atoms with Crippen LogP contribution >= 0.6 is 15.9 Å². The maximum absolute atomic E-state index is 12.2. The standard InChI is InChI=1S/C13H17BrN2O/c1-9-6-7-16(8-11(9)14)13(17)12-5-3-4-10(2)15-12/h3-5,9,11H,6-8H2,1-2H3. The van der Waals surface area contributed by atoms with Crippen LogP contribution in [0.2, 0.25) is 0 Å². The predicted octanol–water partition coefficient (Wildman–Crippen LogP) is 2.64. The van der Waals surface area contributed by atoms with Gasteiger partial charge in [0.15, 0.2) is 0 Å². The van der Waals surface area contributed by atoms with Crippen molar-refractivity contribution >= 4 is 21.8 Å². The summed E-state index contributed by atoms with van der Waals surface area (Å²) in [5, 5.41) is 0. The predicted molar refractivity (Wildman–Crippen MR) is 71.4 cm³/mol. The number of hydrogen-bond acceptors (Lipinski definition) is 2. The molecule has 2 heterocycles. The van der Waals surface area contributed by atoms with E-state index in [1.165, 1.54) is 0 Å². The van der Waals surface area contributed by atoms with Crippen LogP contribution in [0.3, 0.4) is 0 Å². The highest BCUT2D eigenvalue weighted by atomic mass is 79.9. The molecule has 4 heteroatoms. The molecule has 1 fully saturated rings. The quantitative estimate of drug-likeness (QED) is 0.747. The normalized spacial score (nSPS) is 24.8. The molecule has 0 saturated carbocycles. The Labute approximate surface area is 110 Å². The molecule has 1 aromatic rings. The van der Waals surface area contributed by atoms with Crippen LogP contribution < -0.4 is 0 Å². The Balaban J connectivity index is 2.10. The number of carbonyl (C=O) groups excluding carboxylic acids is 1. The Morgan fingerprint density at radius 1 is 1.53 bits per heavy atom. The highest BCUT2D eigenvalue weighted by molar-refractivity contribution is 9.09. The van der Waals surface area contributed by atoms with Gasteiger partial charge < -0.3 is 4.90 Å². The van der Waals surface area contributed by atoms with Gasteiger partial charge >= 0.3 is 0 Å². The van der Waals surface area contributed by atoms with Crippen molar-refractivity contribution in [1.29, 1.82) is 0 Å². The van der Waals surface area contributed by atoms with Crippen molar-refractivity contribution in [2.45, 2.75) is 25.1 Å².